The lowest BCUT2D eigenvalue weighted by molar-refractivity contribution is -0.111. The topological polar surface area (TPSA) is 64.6 Å². The summed E-state index contributed by atoms with van der Waals surface area (Å²) in [4.78, 5) is 26.2. The number of aryl methyl sites for hydroxylation is 1. The maximum Gasteiger partial charge on any atom is 0.341 e. The van der Waals surface area contributed by atoms with Gasteiger partial charge in [0.15, 0.2) is 0 Å². The van der Waals surface area contributed by atoms with E-state index in [4.69, 9.17) is 9.47 Å². The highest BCUT2D eigenvalue weighted by molar-refractivity contribution is 7.17. The van der Waals surface area contributed by atoms with Crippen molar-refractivity contribution >= 4 is 34.3 Å². The average molecular weight is 414 g/mol. The minimum absolute atomic E-state index is 0.0867. The van der Waals surface area contributed by atoms with E-state index >= 15 is 0 Å². The molecule has 0 unspecified atom stereocenters. The van der Waals surface area contributed by atoms with Gasteiger partial charge in [-0.05, 0) is 75.8 Å². The van der Waals surface area contributed by atoms with E-state index in [0.717, 1.165) is 42.6 Å². The number of amides is 1. The Hall–Kier alpha value is -2.60. The molecule has 1 heterocycles. The average Bonchev–Trinajstić information content (AvgIpc) is 3.04. The zero-order valence-electron chi connectivity index (χ0n) is 17.1. The van der Waals surface area contributed by atoms with Gasteiger partial charge in [0.25, 0.3) is 0 Å². The van der Waals surface area contributed by atoms with Gasteiger partial charge in [-0.25, -0.2) is 4.79 Å². The maximum atomic E-state index is 12.5. The summed E-state index contributed by atoms with van der Waals surface area (Å²) in [5, 5.41) is 3.47. The predicted octanol–water partition coefficient (Wildman–Crippen LogP) is 5.24. The molecule has 0 spiro atoms. The molecule has 154 valence electrons. The molecule has 5 nitrogen and oxygen atoms in total. The van der Waals surface area contributed by atoms with Crippen LogP contribution in [-0.2, 0) is 22.4 Å². The van der Waals surface area contributed by atoms with Crippen molar-refractivity contribution in [2.24, 2.45) is 0 Å². The van der Waals surface area contributed by atoms with Crippen LogP contribution in [-0.4, -0.2) is 24.6 Å². The molecule has 0 bridgehead atoms. The number of hydrogen-bond donors (Lipinski definition) is 1. The number of benzene rings is 1. The van der Waals surface area contributed by atoms with E-state index in [2.05, 4.69) is 5.32 Å². The number of carbonyl (C=O) groups excluding carboxylic acids is 2. The Kier molecular flexibility index (Phi) is 7.09. The predicted molar refractivity (Wildman–Crippen MR) is 117 cm³/mol. The number of rotatable bonds is 7. The van der Waals surface area contributed by atoms with Crippen LogP contribution in [0.1, 0.15) is 60.0 Å². The maximum absolute atomic E-state index is 12.5. The third-order valence-electron chi connectivity index (χ3n) is 4.54. The van der Waals surface area contributed by atoms with E-state index in [1.807, 2.05) is 38.1 Å². The molecule has 0 fully saturated rings. The number of esters is 1. The highest BCUT2D eigenvalue weighted by atomic mass is 32.1. The van der Waals surface area contributed by atoms with Gasteiger partial charge in [-0.3, -0.25) is 4.79 Å². The molecule has 1 N–H and O–H groups in total. The molecule has 1 amide bonds. The van der Waals surface area contributed by atoms with Gasteiger partial charge in [-0.15, -0.1) is 11.3 Å². The van der Waals surface area contributed by atoms with Crippen molar-refractivity contribution in [3.8, 4) is 5.75 Å². The number of nitrogens with one attached hydrogen (secondary N) is 1. The van der Waals surface area contributed by atoms with Crippen LogP contribution in [0.25, 0.3) is 6.08 Å². The molecule has 2 aromatic rings. The largest absolute Gasteiger partial charge is 0.491 e. The van der Waals surface area contributed by atoms with Crippen LogP contribution in [0.2, 0.25) is 0 Å². The van der Waals surface area contributed by atoms with Crippen LogP contribution in [0.5, 0.6) is 5.75 Å². The van der Waals surface area contributed by atoms with E-state index in [1.54, 1.807) is 13.0 Å². The van der Waals surface area contributed by atoms with Gasteiger partial charge < -0.3 is 14.8 Å². The molecule has 6 heteroatoms. The van der Waals surface area contributed by atoms with Crippen molar-refractivity contribution in [3.63, 3.8) is 0 Å². The summed E-state index contributed by atoms with van der Waals surface area (Å²) < 4.78 is 10.9. The highest BCUT2D eigenvalue weighted by Crippen LogP contribution is 2.38. The zero-order chi connectivity index (χ0) is 20.8. The van der Waals surface area contributed by atoms with Crippen molar-refractivity contribution in [1.82, 2.24) is 0 Å². The van der Waals surface area contributed by atoms with Gasteiger partial charge in [0, 0.05) is 11.0 Å². The zero-order valence-corrected chi connectivity index (χ0v) is 17.9. The van der Waals surface area contributed by atoms with Crippen LogP contribution in [0, 0.1) is 0 Å². The molecule has 0 aliphatic heterocycles. The van der Waals surface area contributed by atoms with E-state index in [0.29, 0.717) is 17.2 Å². The molecular weight excluding hydrogens is 386 g/mol. The van der Waals surface area contributed by atoms with E-state index < -0.39 is 0 Å². The molecule has 1 aromatic carbocycles. The first kappa shape index (κ1) is 21.1. The Morgan fingerprint density at radius 1 is 1.24 bits per heavy atom. The molecule has 1 aliphatic carbocycles. The quantitative estimate of drug-likeness (QED) is 0.498. The first-order valence-corrected chi connectivity index (χ1v) is 10.9. The van der Waals surface area contributed by atoms with Gasteiger partial charge in [-0.1, -0.05) is 12.1 Å². The molecule has 1 aliphatic rings. The summed E-state index contributed by atoms with van der Waals surface area (Å²) in [6, 6.07) is 7.57. The number of fused-ring (bicyclic) bond motifs is 1. The molecule has 0 radical (unpaired) electrons. The van der Waals surface area contributed by atoms with E-state index in [1.165, 1.54) is 22.3 Å². The summed E-state index contributed by atoms with van der Waals surface area (Å²) in [6.07, 6.45) is 7.26. The minimum Gasteiger partial charge on any atom is -0.491 e. The van der Waals surface area contributed by atoms with Crippen molar-refractivity contribution in [2.75, 3.05) is 11.9 Å². The summed E-state index contributed by atoms with van der Waals surface area (Å²) in [6.45, 7) is 6.04. The molecule has 0 saturated carbocycles. The summed E-state index contributed by atoms with van der Waals surface area (Å²) in [7, 11) is 0. The Morgan fingerprint density at radius 3 is 2.79 bits per heavy atom. The van der Waals surface area contributed by atoms with Crippen molar-refractivity contribution in [2.45, 2.75) is 52.6 Å². The normalized spacial score (nSPS) is 13.4. The number of anilines is 1. The van der Waals surface area contributed by atoms with Crippen LogP contribution in [0.15, 0.2) is 30.3 Å². The summed E-state index contributed by atoms with van der Waals surface area (Å²) in [5.74, 6) is 0.132. The second-order valence-corrected chi connectivity index (χ2v) is 8.30. The molecular formula is C23H27NO4S. The number of thiophene rings is 1. The SMILES string of the molecule is CCOC(=O)c1c(NC(=O)/C=C/c2cccc(OC(C)C)c2)sc2c1CCCC2. The fourth-order valence-corrected chi connectivity index (χ4v) is 4.64. The lowest BCUT2D eigenvalue weighted by Gasteiger charge is -2.12. The fraction of sp³-hybridized carbons (Fsp3) is 0.391. The third-order valence-corrected chi connectivity index (χ3v) is 5.75. The lowest BCUT2D eigenvalue weighted by atomic mass is 9.95. The Balaban J connectivity index is 1.76. The Labute approximate surface area is 175 Å². The third kappa shape index (κ3) is 5.48. The second-order valence-electron chi connectivity index (χ2n) is 7.20. The van der Waals surface area contributed by atoms with Crippen LogP contribution in [0.3, 0.4) is 0 Å². The monoisotopic (exact) mass is 413 g/mol. The van der Waals surface area contributed by atoms with Gasteiger partial charge in [0.05, 0.1) is 18.3 Å². The van der Waals surface area contributed by atoms with Crippen LogP contribution in [0.4, 0.5) is 5.00 Å². The number of hydrogen-bond acceptors (Lipinski definition) is 5. The first-order chi connectivity index (χ1) is 14.0. The van der Waals surface area contributed by atoms with Gasteiger partial charge in [-0.2, -0.15) is 0 Å². The number of carbonyl (C=O) groups is 2. The molecule has 0 atom stereocenters. The fourth-order valence-electron chi connectivity index (χ4n) is 3.36. The standard InChI is InChI=1S/C23H27NO4S/c1-4-27-23(26)21-18-10-5-6-11-19(18)29-22(21)24-20(25)13-12-16-8-7-9-17(14-16)28-15(2)3/h7-9,12-15H,4-6,10-11H2,1-3H3,(H,24,25)/b13-12+. The summed E-state index contributed by atoms with van der Waals surface area (Å²) >= 11 is 1.49. The molecule has 29 heavy (non-hydrogen) atoms. The van der Waals surface area contributed by atoms with Crippen molar-refractivity contribution < 1.29 is 19.1 Å². The summed E-state index contributed by atoms with van der Waals surface area (Å²) in [5.41, 5.74) is 2.44. The van der Waals surface area contributed by atoms with Crippen molar-refractivity contribution in [3.05, 3.63) is 51.9 Å². The van der Waals surface area contributed by atoms with E-state index in [-0.39, 0.29) is 18.0 Å². The van der Waals surface area contributed by atoms with Gasteiger partial charge in [0.2, 0.25) is 5.91 Å². The Morgan fingerprint density at radius 2 is 2.03 bits per heavy atom. The lowest BCUT2D eigenvalue weighted by Crippen LogP contribution is -2.14. The van der Waals surface area contributed by atoms with Gasteiger partial charge in [0.1, 0.15) is 10.8 Å². The highest BCUT2D eigenvalue weighted by Gasteiger charge is 2.26. The van der Waals surface area contributed by atoms with Gasteiger partial charge >= 0.3 is 5.97 Å². The second kappa shape index (κ2) is 9.74. The molecule has 0 saturated heterocycles. The number of ether oxygens (including phenoxy) is 2. The van der Waals surface area contributed by atoms with Crippen molar-refractivity contribution in [1.29, 1.82) is 0 Å². The van der Waals surface area contributed by atoms with Crippen LogP contribution < -0.4 is 10.1 Å². The minimum atomic E-state index is -0.357. The molecule has 1 aromatic heterocycles. The smallest absolute Gasteiger partial charge is 0.341 e. The first-order valence-electron chi connectivity index (χ1n) is 10.1. The Bertz CT molecular complexity index is 914. The van der Waals surface area contributed by atoms with Crippen LogP contribution >= 0.6 is 11.3 Å². The molecule has 3 rings (SSSR count). The van der Waals surface area contributed by atoms with E-state index in [9.17, 15) is 9.59 Å².